The lowest BCUT2D eigenvalue weighted by Gasteiger charge is -2.16. The van der Waals surface area contributed by atoms with Crippen LogP contribution >= 0.6 is 0 Å². The van der Waals surface area contributed by atoms with E-state index in [0.717, 1.165) is 12.2 Å². The summed E-state index contributed by atoms with van der Waals surface area (Å²) in [6.45, 7) is 6.81. The highest BCUT2D eigenvalue weighted by atomic mass is 15.1. The predicted octanol–water partition coefficient (Wildman–Crippen LogP) is 1.34. The molecule has 1 aromatic heterocycles. The van der Waals surface area contributed by atoms with E-state index in [0.29, 0.717) is 12.6 Å². The Hall–Kier alpha value is -1.34. The number of nitriles is 1. The molecule has 4 nitrogen and oxygen atoms in total. The van der Waals surface area contributed by atoms with E-state index in [4.69, 9.17) is 5.26 Å². The Morgan fingerprint density at radius 2 is 2.33 bits per heavy atom. The second-order valence-electron chi connectivity index (χ2n) is 3.85. The second-order valence-corrected chi connectivity index (χ2v) is 3.85. The molecule has 0 spiro atoms. The number of imidazole rings is 1. The first-order chi connectivity index (χ1) is 7.17. The standard InChI is InChI=1S/C11H18N4/c1-4-11-13-5-6-15(11)8-10(7-12)14-9(2)3/h5-6,9-10,14H,4,8H2,1-3H3. The molecular formula is C11H18N4. The van der Waals surface area contributed by atoms with Gasteiger partial charge in [-0.1, -0.05) is 6.92 Å². The monoisotopic (exact) mass is 206 g/mol. The van der Waals surface area contributed by atoms with E-state index in [-0.39, 0.29) is 6.04 Å². The van der Waals surface area contributed by atoms with Gasteiger partial charge in [-0.25, -0.2) is 4.98 Å². The summed E-state index contributed by atoms with van der Waals surface area (Å²) in [7, 11) is 0. The summed E-state index contributed by atoms with van der Waals surface area (Å²) in [5.74, 6) is 1.03. The maximum atomic E-state index is 8.99. The fourth-order valence-corrected chi connectivity index (χ4v) is 1.55. The van der Waals surface area contributed by atoms with Crippen LogP contribution in [0.1, 0.15) is 26.6 Å². The third-order valence-corrected chi connectivity index (χ3v) is 2.19. The fourth-order valence-electron chi connectivity index (χ4n) is 1.55. The van der Waals surface area contributed by atoms with Crippen LogP contribution < -0.4 is 5.32 Å². The van der Waals surface area contributed by atoms with Crippen molar-refractivity contribution in [3.63, 3.8) is 0 Å². The Morgan fingerprint density at radius 3 is 2.87 bits per heavy atom. The summed E-state index contributed by atoms with van der Waals surface area (Å²) in [6, 6.07) is 2.44. The number of nitrogens with zero attached hydrogens (tertiary/aromatic N) is 3. The molecule has 0 aromatic carbocycles. The number of aromatic nitrogens is 2. The number of hydrogen-bond donors (Lipinski definition) is 1. The van der Waals surface area contributed by atoms with Crippen molar-refractivity contribution in [2.24, 2.45) is 0 Å². The minimum absolute atomic E-state index is 0.149. The van der Waals surface area contributed by atoms with E-state index in [2.05, 4.69) is 23.3 Å². The number of aryl methyl sites for hydroxylation is 1. The van der Waals surface area contributed by atoms with Crippen LogP contribution in [0.4, 0.5) is 0 Å². The first-order valence-electron chi connectivity index (χ1n) is 5.33. The van der Waals surface area contributed by atoms with Crippen LogP contribution in [-0.2, 0) is 13.0 Å². The predicted molar refractivity (Wildman–Crippen MR) is 59.3 cm³/mol. The summed E-state index contributed by atoms with van der Waals surface area (Å²) in [5.41, 5.74) is 0. The Labute approximate surface area is 90.9 Å². The maximum absolute atomic E-state index is 8.99. The zero-order valence-corrected chi connectivity index (χ0v) is 9.57. The summed E-state index contributed by atoms with van der Waals surface area (Å²) >= 11 is 0. The van der Waals surface area contributed by atoms with Crippen molar-refractivity contribution in [2.45, 2.75) is 45.8 Å². The number of nitrogens with one attached hydrogen (secondary N) is 1. The zero-order valence-electron chi connectivity index (χ0n) is 9.57. The molecular weight excluding hydrogens is 188 g/mol. The molecule has 1 unspecified atom stereocenters. The third-order valence-electron chi connectivity index (χ3n) is 2.19. The minimum Gasteiger partial charge on any atom is -0.332 e. The largest absolute Gasteiger partial charge is 0.332 e. The van der Waals surface area contributed by atoms with Crippen molar-refractivity contribution in [1.82, 2.24) is 14.9 Å². The van der Waals surface area contributed by atoms with Crippen molar-refractivity contribution >= 4 is 0 Å². The summed E-state index contributed by atoms with van der Waals surface area (Å²) in [6.07, 6.45) is 4.60. The van der Waals surface area contributed by atoms with E-state index in [9.17, 15) is 0 Å². The molecule has 0 radical (unpaired) electrons. The molecule has 0 amide bonds. The molecule has 1 N–H and O–H groups in total. The summed E-state index contributed by atoms with van der Waals surface area (Å²) in [4.78, 5) is 4.23. The molecule has 0 aliphatic heterocycles. The van der Waals surface area contributed by atoms with Gasteiger partial charge in [0.25, 0.3) is 0 Å². The SMILES string of the molecule is CCc1nccn1CC(C#N)NC(C)C. The van der Waals surface area contributed by atoms with Gasteiger partial charge < -0.3 is 4.57 Å². The smallest absolute Gasteiger partial charge is 0.114 e. The van der Waals surface area contributed by atoms with Crippen molar-refractivity contribution in [1.29, 1.82) is 5.26 Å². The summed E-state index contributed by atoms with van der Waals surface area (Å²) < 4.78 is 2.03. The lowest BCUT2D eigenvalue weighted by Crippen LogP contribution is -2.37. The van der Waals surface area contributed by atoms with Crippen molar-refractivity contribution in [2.75, 3.05) is 0 Å². The molecule has 4 heteroatoms. The quantitative estimate of drug-likeness (QED) is 0.791. The Morgan fingerprint density at radius 1 is 1.60 bits per heavy atom. The average molecular weight is 206 g/mol. The van der Waals surface area contributed by atoms with Crippen LogP contribution in [-0.4, -0.2) is 21.6 Å². The van der Waals surface area contributed by atoms with Crippen molar-refractivity contribution in [3.05, 3.63) is 18.2 Å². The molecule has 0 bridgehead atoms. The lowest BCUT2D eigenvalue weighted by molar-refractivity contribution is 0.470. The van der Waals surface area contributed by atoms with Crippen LogP contribution in [0.25, 0.3) is 0 Å². The van der Waals surface area contributed by atoms with E-state index >= 15 is 0 Å². The Bertz CT molecular complexity index is 335. The van der Waals surface area contributed by atoms with Gasteiger partial charge in [-0.15, -0.1) is 0 Å². The van der Waals surface area contributed by atoms with Gasteiger partial charge in [0.1, 0.15) is 11.9 Å². The molecule has 1 atom stereocenters. The van der Waals surface area contributed by atoms with Gasteiger partial charge in [0.15, 0.2) is 0 Å². The van der Waals surface area contributed by atoms with Crippen LogP contribution in [0, 0.1) is 11.3 Å². The van der Waals surface area contributed by atoms with Crippen molar-refractivity contribution in [3.8, 4) is 6.07 Å². The zero-order chi connectivity index (χ0) is 11.3. The van der Waals surface area contributed by atoms with Gasteiger partial charge >= 0.3 is 0 Å². The van der Waals surface area contributed by atoms with Crippen molar-refractivity contribution < 1.29 is 0 Å². The number of hydrogen-bond acceptors (Lipinski definition) is 3. The molecule has 0 fully saturated rings. The van der Waals surface area contributed by atoms with Crippen LogP contribution in [0.3, 0.4) is 0 Å². The van der Waals surface area contributed by atoms with Gasteiger partial charge in [-0.05, 0) is 13.8 Å². The first-order valence-corrected chi connectivity index (χ1v) is 5.33. The summed E-state index contributed by atoms with van der Waals surface area (Å²) in [5, 5.41) is 12.2. The second kappa shape index (κ2) is 5.52. The van der Waals surface area contributed by atoms with Crippen LogP contribution in [0.5, 0.6) is 0 Å². The minimum atomic E-state index is -0.149. The molecule has 1 heterocycles. The fraction of sp³-hybridized carbons (Fsp3) is 0.636. The molecule has 0 saturated carbocycles. The molecule has 1 aromatic rings. The third kappa shape index (κ3) is 3.37. The first kappa shape index (κ1) is 11.7. The van der Waals surface area contributed by atoms with Crippen LogP contribution in [0.2, 0.25) is 0 Å². The van der Waals surface area contributed by atoms with E-state index in [1.54, 1.807) is 6.20 Å². The molecule has 82 valence electrons. The van der Waals surface area contributed by atoms with Gasteiger partial charge in [0.05, 0.1) is 12.6 Å². The lowest BCUT2D eigenvalue weighted by atomic mass is 10.2. The molecule has 15 heavy (non-hydrogen) atoms. The van der Waals surface area contributed by atoms with E-state index in [1.165, 1.54) is 0 Å². The average Bonchev–Trinajstić information content (AvgIpc) is 2.63. The topological polar surface area (TPSA) is 53.6 Å². The van der Waals surface area contributed by atoms with Gasteiger partial charge in [0.2, 0.25) is 0 Å². The highest BCUT2D eigenvalue weighted by molar-refractivity contribution is 4.97. The maximum Gasteiger partial charge on any atom is 0.114 e. The van der Waals surface area contributed by atoms with Gasteiger partial charge in [-0.3, -0.25) is 5.32 Å². The molecule has 0 saturated heterocycles. The molecule has 0 aliphatic carbocycles. The number of rotatable bonds is 5. The van der Waals surface area contributed by atoms with E-state index in [1.807, 2.05) is 24.6 Å². The Kier molecular flexibility index (Phi) is 4.32. The molecule has 0 aliphatic rings. The van der Waals surface area contributed by atoms with Gasteiger partial charge in [0, 0.05) is 24.9 Å². The molecule has 1 rings (SSSR count). The highest BCUT2D eigenvalue weighted by Crippen LogP contribution is 2.01. The Balaban J connectivity index is 2.63. The van der Waals surface area contributed by atoms with Gasteiger partial charge in [-0.2, -0.15) is 5.26 Å². The normalized spacial score (nSPS) is 12.7. The van der Waals surface area contributed by atoms with E-state index < -0.39 is 0 Å². The van der Waals surface area contributed by atoms with Crippen LogP contribution in [0.15, 0.2) is 12.4 Å². The highest BCUT2D eigenvalue weighted by Gasteiger charge is 2.10.